The zero-order valence-corrected chi connectivity index (χ0v) is 18.6. The first kappa shape index (κ1) is 22.4. The number of aliphatic hydroxyl groups is 4. The van der Waals surface area contributed by atoms with Crippen LogP contribution in [0.1, 0.15) is 71.2 Å². The van der Waals surface area contributed by atoms with Crippen LogP contribution in [0.2, 0.25) is 0 Å². The Hall–Kier alpha value is -1.76. The summed E-state index contributed by atoms with van der Waals surface area (Å²) >= 11 is 0. The summed E-state index contributed by atoms with van der Waals surface area (Å²) in [5, 5.41) is 41.1. The summed E-state index contributed by atoms with van der Waals surface area (Å²) in [6.07, 6.45) is -1.74. The Kier molecular flexibility index (Phi) is 6.52. The molecule has 1 fully saturated rings. The first-order valence-corrected chi connectivity index (χ1v) is 11.3. The van der Waals surface area contributed by atoms with E-state index >= 15 is 0 Å². The van der Waals surface area contributed by atoms with Crippen LogP contribution in [-0.4, -0.2) is 51.4 Å². The quantitative estimate of drug-likeness (QED) is 0.590. The number of hydrogen-bond donors (Lipinski definition) is 4. The highest BCUT2D eigenvalue weighted by molar-refractivity contribution is 5.52. The number of aryl methyl sites for hydroxylation is 1. The van der Waals surface area contributed by atoms with E-state index in [-0.39, 0.29) is 5.92 Å². The molecule has 0 amide bonds. The molecule has 5 heteroatoms. The summed E-state index contributed by atoms with van der Waals surface area (Å²) in [4.78, 5) is 0. The van der Waals surface area contributed by atoms with E-state index in [1.807, 2.05) is 0 Å². The predicted molar refractivity (Wildman–Crippen MR) is 119 cm³/mol. The van der Waals surface area contributed by atoms with Gasteiger partial charge in [0.25, 0.3) is 0 Å². The predicted octanol–water partition coefficient (Wildman–Crippen LogP) is 2.71. The van der Waals surface area contributed by atoms with Crippen molar-refractivity contribution in [3.05, 3.63) is 69.3 Å². The van der Waals surface area contributed by atoms with Crippen LogP contribution >= 0.6 is 0 Å². The van der Waals surface area contributed by atoms with Crippen LogP contribution in [0.25, 0.3) is 0 Å². The van der Waals surface area contributed by atoms with Crippen molar-refractivity contribution in [2.45, 2.75) is 82.9 Å². The number of benzene rings is 2. The fraction of sp³-hybridized carbons (Fsp3) is 0.538. The summed E-state index contributed by atoms with van der Waals surface area (Å²) in [6.45, 7) is 5.94. The second-order valence-electron chi connectivity index (χ2n) is 9.42. The fourth-order valence-corrected chi connectivity index (χ4v) is 5.28. The Bertz CT molecular complexity index is 918. The van der Waals surface area contributed by atoms with Gasteiger partial charge in [-0.05, 0) is 71.9 Å². The summed E-state index contributed by atoms with van der Waals surface area (Å²) in [5.41, 5.74) is 8.47. The molecule has 0 bridgehead atoms. The van der Waals surface area contributed by atoms with Gasteiger partial charge in [-0.2, -0.15) is 0 Å². The lowest BCUT2D eigenvalue weighted by Crippen LogP contribution is -2.55. The second kappa shape index (κ2) is 9.00. The fourth-order valence-electron chi connectivity index (χ4n) is 5.28. The van der Waals surface area contributed by atoms with Crippen LogP contribution in [0, 0.1) is 6.92 Å². The molecule has 168 valence electrons. The van der Waals surface area contributed by atoms with Crippen molar-refractivity contribution in [2.24, 2.45) is 0 Å². The average molecular weight is 427 g/mol. The smallest absolute Gasteiger partial charge is 0.113 e. The Morgan fingerprint density at radius 3 is 2.29 bits per heavy atom. The maximum Gasteiger partial charge on any atom is 0.113 e. The molecule has 0 aromatic heterocycles. The first-order valence-electron chi connectivity index (χ1n) is 11.3. The van der Waals surface area contributed by atoms with Crippen LogP contribution in [0.15, 0.2) is 30.3 Å². The normalized spacial score (nSPS) is 28.2. The van der Waals surface area contributed by atoms with Gasteiger partial charge < -0.3 is 25.2 Å². The number of hydrogen-bond acceptors (Lipinski definition) is 5. The van der Waals surface area contributed by atoms with E-state index in [2.05, 4.69) is 51.1 Å². The first-order chi connectivity index (χ1) is 14.8. The topological polar surface area (TPSA) is 90.2 Å². The molecule has 4 rings (SSSR count). The van der Waals surface area contributed by atoms with Crippen LogP contribution in [0.5, 0.6) is 0 Å². The largest absolute Gasteiger partial charge is 0.394 e. The van der Waals surface area contributed by atoms with Gasteiger partial charge in [0.05, 0.1) is 6.61 Å². The Balaban J connectivity index is 1.82. The third-order valence-electron chi connectivity index (χ3n) is 6.86. The van der Waals surface area contributed by atoms with E-state index in [1.54, 1.807) is 0 Å². The molecule has 31 heavy (non-hydrogen) atoms. The van der Waals surface area contributed by atoms with Crippen molar-refractivity contribution in [3.8, 4) is 0 Å². The minimum Gasteiger partial charge on any atom is -0.394 e. The Morgan fingerprint density at radius 1 is 0.968 bits per heavy atom. The lowest BCUT2D eigenvalue weighted by molar-refractivity contribution is -0.232. The molecule has 0 unspecified atom stereocenters. The van der Waals surface area contributed by atoms with Crippen LogP contribution in [-0.2, 0) is 24.0 Å². The zero-order chi connectivity index (χ0) is 22.3. The highest BCUT2D eigenvalue weighted by Crippen LogP contribution is 2.42. The van der Waals surface area contributed by atoms with Crippen LogP contribution in [0.3, 0.4) is 0 Å². The number of fused-ring (bicyclic) bond motifs is 1. The van der Waals surface area contributed by atoms with Gasteiger partial charge in [0.2, 0.25) is 0 Å². The molecule has 4 N–H and O–H groups in total. The van der Waals surface area contributed by atoms with E-state index in [0.29, 0.717) is 0 Å². The van der Waals surface area contributed by atoms with Crippen LogP contribution < -0.4 is 0 Å². The van der Waals surface area contributed by atoms with Gasteiger partial charge in [0, 0.05) is 0 Å². The highest BCUT2D eigenvalue weighted by atomic mass is 16.5. The van der Waals surface area contributed by atoms with E-state index in [9.17, 15) is 20.4 Å². The lowest BCUT2D eigenvalue weighted by atomic mass is 9.80. The minimum atomic E-state index is -1.37. The molecule has 0 spiro atoms. The number of aliphatic hydroxyl groups excluding tert-OH is 4. The monoisotopic (exact) mass is 426 g/mol. The van der Waals surface area contributed by atoms with Gasteiger partial charge in [-0.1, -0.05) is 49.7 Å². The summed E-state index contributed by atoms with van der Waals surface area (Å²) in [6, 6.07) is 10.7. The third kappa shape index (κ3) is 4.18. The summed E-state index contributed by atoms with van der Waals surface area (Å²) in [7, 11) is 0. The standard InChI is InChI=1S/C26H34O5/c1-14(2)22-19-6-4-5-18(19)17(11-16-9-7-15(3)8-10-16)12-20(22)26-25(30)24(29)23(28)21(13-27)31-26/h7-10,12,14,21,23-30H,4-6,11,13H2,1-3H3/t21-,23-,24+,25-,26+/m1/s1. The molecule has 1 aliphatic carbocycles. The average Bonchev–Trinajstić information content (AvgIpc) is 3.23. The molecule has 2 aliphatic rings. The van der Waals surface area contributed by atoms with E-state index < -0.39 is 37.1 Å². The Morgan fingerprint density at radius 2 is 1.65 bits per heavy atom. The Labute approximate surface area is 184 Å². The van der Waals surface area contributed by atoms with Crippen molar-refractivity contribution < 1.29 is 25.2 Å². The zero-order valence-electron chi connectivity index (χ0n) is 18.6. The molecular formula is C26H34O5. The maximum atomic E-state index is 10.8. The molecule has 1 aliphatic heterocycles. The SMILES string of the molecule is Cc1ccc(Cc2cc([C@@H]3O[C@H](CO)[C@@H](O)[C@H](O)[C@H]3O)c(C(C)C)c3c2CCC3)cc1. The van der Waals surface area contributed by atoms with E-state index in [0.717, 1.165) is 31.2 Å². The molecular weight excluding hydrogens is 392 g/mol. The van der Waals surface area contributed by atoms with E-state index in [1.165, 1.54) is 33.4 Å². The molecule has 5 nitrogen and oxygen atoms in total. The van der Waals surface area contributed by atoms with Gasteiger partial charge in [-0.3, -0.25) is 0 Å². The van der Waals surface area contributed by atoms with Crippen molar-refractivity contribution in [1.29, 1.82) is 0 Å². The van der Waals surface area contributed by atoms with Gasteiger partial charge in [0.1, 0.15) is 30.5 Å². The van der Waals surface area contributed by atoms with Crippen molar-refractivity contribution >= 4 is 0 Å². The van der Waals surface area contributed by atoms with Crippen LogP contribution in [0.4, 0.5) is 0 Å². The molecule has 1 heterocycles. The lowest BCUT2D eigenvalue weighted by Gasteiger charge is -2.41. The van der Waals surface area contributed by atoms with Gasteiger partial charge in [-0.15, -0.1) is 0 Å². The molecule has 5 atom stereocenters. The molecule has 1 saturated heterocycles. The summed E-state index contributed by atoms with van der Waals surface area (Å²) in [5.74, 6) is 0.225. The van der Waals surface area contributed by atoms with Crippen molar-refractivity contribution in [3.63, 3.8) is 0 Å². The van der Waals surface area contributed by atoms with Crippen molar-refractivity contribution in [2.75, 3.05) is 6.61 Å². The van der Waals surface area contributed by atoms with Gasteiger partial charge in [-0.25, -0.2) is 0 Å². The highest BCUT2D eigenvalue weighted by Gasteiger charge is 2.45. The summed E-state index contributed by atoms with van der Waals surface area (Å²) < 4.78 is 5.98. The number of rotatable bonds is 5. The van der Waals surface area contributed by atoms with Gasteiger partial charge in [0.15, 0.2) is 0 Å². The third-order valence-corrected chi connectivity index (χ3v) is 6.86. The molecule has 0 radical (unpaired) electrons. The maximum absolute atomic E-state index is 10.8. The number of ether oxygens (including phenoxy) is 1. The minimum absolute atomic E-state index is 0.225. The van der Waals surface area contributed by atoms with E-state index in [4.69, 9.17) is 4.74 Å². The second-order valence-corrected chi connectivity index (χ2v) is 9.42. The van der Waals surface area contributed by atoms with Crippen molar-refractivity contribution in [1.82, 2.24) is 0 Å². The molecule has 0 saturated carbocycles. The van der Waals surface area contributed by atoms with Gasteiger partial charge >= 0.3 is 0 Å². The molecule has 2 aromatic rings. The molecule has 2 aromatic carbocycles.